The van der Waals surface area contributed by atoms with Crippen LogP contribution in [-0.4, -0.2) is 5.11 Å². The van der Waals surface area contributed by atoms with Crippen LogP contribution < -0.4 is 5.32 Å². The van der Waals surface area contributed by atoms with Gasteiger partial charge in [-0.25, -0.2) is 0 Å². The van der Waals surface area contributed by atoms with Crippen LogP contribution in [0.5, 0.6) is 5.75 Å². The van der Waals surface area contributed by atoms with Gasteiger partial charge in [-0.1, -0.05) is 35.0 Å². The van der Waals surface area contributed by atoms with E-state index in [0.29, 0.717) is 5.56 Å². The van der Waals surface area contributed by atoms with E-state index in [0.717, 1.165) is 27.7 Å². The molecule has 0 aromatic heterocycles. The quantitative estimate of drug-likeness (QED) is 0.829. The number of aryl methyl sites for hydroxylation is 1. The fraction of sp³-hybridized carbons (Fsp3) is 0.235. The van der Waals surface area contributed by atoms with E-state index in [1.165, 1.54) is 0 Å². The fourth-order valence-electron chi connectivity index (χ4n) is 2.33. The van der Waals surface area contributed by atoms with Gasteiger partial charge in [0.2, 0.25) is 0 Å². The summed E-state index contributed by atoms with van der Waals surface area (Å²) in [6.45, 7) is 3.96. The second-order valence-corrected chi connectivity index (χ2v) is 5.83. The first-order valence-electron chi connectivity index (χ1n) is 6.81. The molecule has 2 aromatic carbocycles. The van der Waals surface area contributed by atoms with Gasteiger partial charge in [0.1, 0.15) is 11.8 Å². The third-order valence-electron chi connectivity index (χ3n) is 3.49. The van der Waals surface area contributed by atoms with Gasteiger partial charge < -0.3 is 10.4 Å². The Kier molecular flexibility index (Phi) is 4.87. The average molecular weight is 345 g/mol. The molecule has 108 valence electrons. The second-order valence-electron chi connectivity index (χ2n) is 4.92. The summed E-state index contributed by atoms with van der Waals surface area (Å²) in [5.41, 5.74) is 3.20. The summed E-state index contributed by atoms with van der Waals surface area (Å²) in [4.78, 5) is 0. The lowest BCUT2D eigenvalue weighted by molar-refractivity contribution is 0.462. The molecule has 3 nitrogen and oxygen atoms in total. The Morgan fingerprint density at radius 2 is 2.10 bits per heavy atom. The predicted molar refractivity (Wildman–Crippen MR) is 88.4 cm³/mol. The van der Waals surface area contributed by atoms with Crippen LogP contribution in [0.15, 0.2) is 40.9 Å². The average Bonchev–Trinajstić information content (AvgIpc) is 2.47. The molecule has 0 saturated heterocycles. The SMILES string of the molecule is CCC(Nc1cccc(C)c1C#N)c1cc(Br)ccc1O. The van der Waals surface area contributed by atoms with Crippen LogP contribution in [0, 0.1) is 18.3 Å². The summed E-state index contributed by atoms with van der Waals surface area (Å²) >= 11 is 3.43. The summed E-state index contributed by atoms with van der Waals surface area (Å²) < 4.78 is 0.917. The molecule has 0 radical (unpaired) electrons. The number of aromatic hydroxyl groups is 1. The van der Waals surface area contributed by atoms with Crippen LogP contribution in [0.4, 0.5) is 5.69 Å². The predicted octanol–water partition coefficient (Wildman–Crippen LogP) is 4.90. The van der Waals surface area contributed by atoms with Gasteiger partial charge in [0.05, 0.1) is 17.3 Å². The topological polar surface area (TPSA) is 56.0 Å². The van der Waals surface area contributed by atoms with E-state index in [2.05, 4.69) is 27.3 Å². The number of halogens is 1. The summed E-state index contributed by atoms with van der Waals surface area (Å²) in [7, 11) is 0. The number of phenols is 1. The van der Waals surface area contributed by atoms with Gasteiger partial charge >= 0.3 is 0 Å². The lowest BCUT2D eigenvalue weighted by Crippen LogP contribution is -2.11. The summed E-state index contributed by atoms with van der Waals surface area (Å²) in [5, 5.41) is 22.7. The molecule has 0 bridgehead atoms. The maximum absolute atomic E-state index is 10.1. The number of nitrogens with one attached hydrogen (secondary N) is 1. The molecular weight excluding hydrogens is 328 g/mol. The number of nitrogens with zero attached hydrogens (tertiary/aromatic N) is 1. The molecule has 0 aliphatic rings. The molecule has 1 atom stereocenters. The normalized spacial score (nSPS) is 11.7. The van der Waals surface area contributed by atoms with Gasteiger partial charge in [-0.05, 0) is 43.2 Å². The number of nitriles is 1. The smallest absolute Gasteiger partial charge is 0.120 e. The fourth-order valence-corrected chi connectivity index (χ4v) is 2.71. The number of hydrogen-bond donors (Lipinski definition) is 2. The number of hydrogen-bond acceptors (Lipinski definition) is 3. The lowest BCUT2D eigenvalue weighted by atomic mass is 10.0. The van der Waals surface area contributed by atoms with Crippen LogP contribution in [0.2, 0.25) is 0 Å². The van der Waals surface area contributed by atoms with E-state index in [-0.39, 0.29) is 11.8 Å². The van der Waals surface area contributed by atoms with Gasteiger partial charge in [0.15, 0.2) is 0 Å². The zero-order valence-electron chi connectivity index (χ0n) is 12.0. The van der Waals surface area contributed by atoms with Gasteiger partial charge in [-0.3, -0.25) is 0 Å². The van der Waals surface area contributed by atoms with E-state index in [4.69, 9.17) is 0 Å². The van der Waals surface area contributed by atoms with Crippen molar-refractivity contribution in [2.45, 2.75) is 26.3 Å². The molecule has 0 aliphatic heterocycles. The van der Waals surface area contributed by atoms with Gasteiger partial charge in [0.25, 0.3) is 0 Å². The van der Waals surface area contributed by atoms with Crippen LogP contribution in [-0.2, 0) is 0 Å². The molecule has 0 heterocycles. The van der Waals surface area contributed by atoms with Crippen molar-refractivity contribution in [1.29, 1.82) is 5.26 Å². The zero-order valence-corrected chi connectivity index (χ0v) is 13.6. The maximum atomic E-state index is 10.1. The van der Waals surface area contributed by atoms with E-state index in [9.17, 15) is 10.4 Å². The largest absolute Gasteiger partial charge is 0.508 e. The molecule has 0 amide bonds. The van der Waals surface area contributed by atoms with Crippen molar-refractivity contribution >= 4 is 21.6 Å². The highest BCUT2D eigenvalue weighted by Crippen LogP contribution is 2.33. The zero-order chi connectivity index (χ0) is 15.4. The molecule has 0 spiro atoms. The molecule has 2 aromatic rings. The first kappa shape index (κ1) is 15.4. The van der Waals surface area contributed by atoms with Crippen molar-refractivity contribution in [3.8, 4) is 11.8 Å². The van der Waals surface area contributed by atoms with Crippen molar-refractivity contribution in [1.82, 2.24) is 0 Å². The van der Waals surface area contributed by atoms with Crippen LogP contribution in [0.3, 0.4) is 0 Å². The number of benzene rings is 2. The molecule has 2 rings (SSSR count). The van der Waals surface area contributed by atoms with E-state index in [1.807, 2.05) is 38.1 Å². The first-order valence-corrected chi connectivity index (χ1v) is 7.60. The van der Waals surface area contributed by atoms with Crippen molar-refractivity contribution in [2.75, 3.05) is 5.32 Å². The Balaban J connectivity index is 2.39. The van der Waals surface area contributed by atoms with Crippen LogP contribution in [0.25, 0.3) is 0 Å². The van der Waals surface area contributed by atoms with E-state index < -0.39 is 0 Å². The highest BCUT2D eigenvalue weighted by Gasteiger charge is 2.16. The van der Waals surface area contributed by atoms with Crippen molar-refractivity contribution in [3.63, 3.8) is 0 Å². The molecule has 0 aliphatic carbocycles. The number of anilines is 1. The van der Waals surface area contributed by atoms with E-state index >= 15 is 0 Å². The third-order valence-corrected chi connectivity index (χ3v) is 3.98. The maximum Gasteiger partial charge on any atom is 0.120 e. The monoisotopic (exact) mass is 344 g/mol. The summed E-state index contributed by atoms with van der Waals surface area (Å²) in [6, 6.07) is 13.3. The highest BCUT2D eigenvalue weighted by molar-refractivity contribution is 9.10. The molecule has 21 heavy (non-hydrogen) atoms. The molecular formula is C17H17BrN2O. The minimum atomic E-state index is -0.0589. The van der Waals surface area contributed by atoms with Crippen LogP contribution >= 0.6 is 15.9 Å². The Morgan fingerprint density at radius 1 is 1.33 bits per heavy atom. The minimum absolute atomic E-state index is 0.0589. The second kappa shape index (κ2) is 6.64. The third kappa shape index (κ3) is 3.37. The molecule has 1 unspecified atom stereocenters. The first-order chi connectivity index (χ1) is 10.1. The number of rotatable bonds is 4. The molecule has 0 fully saturated rings. The Bertz CT molecular complexity index is 692. The van der Waals surface area contributed by atoms with Gasteiger partial charge in [-0.2, -0.15) is 5.26 Å². The Labute approximate surface area is 133 Å². The highest BCUT2D eigenvalue weighted by atomic mass is 79.9. The summed E-state index contributed by atoms with van der Waals surface area (Å²) in [5.74, 6) is 0.253. The Morgan fingerprint density at radius 3 is 2.76 bits per heavy atom. The standard InChI is InChI=1S/C17H17BrN2O/c1-3-15(13-9-12(18)7-8-17(13)21)20-16-6-4-5-11(2)14(16)10-19/h4-9,15,20-21H,3H2,1-2H3. The van der Waals surface area contributed by atoms with Gasteiger partial charge in [0, 0.05) is 10.0 Å². The molecule has 2 N–H and O–H groups in total. The number of phenolic OH excluding ortho intramolecular Hbond substituents is 1. The molecule has 4 heteroatoms. The Hall–Kier alpha value is -1.99. The van der Waals surface area contributed by atoms with Crippen molar-refractivity contribution < 1.29 is 5.11 Å². The van der Waals surface area contributed by atoms with Crippen LogP contribution in [0.1, 0.15) is 36.1 Å². The minimum Gasteiger partial charge on any atom is -0.508 e. The van der Waals surface area contributed by atoms with Crippen molar-refractivity contribution in [3.05, 3.63) is 57.6 Å². The van der Waals surface area contributed by atoms with Crippen molar-refractivity contribution in [2.24, 2.45) is 0 Å². The van der Waals surface area contributed by atoms with E-state index in [1.54, 1.807) is 12.1 Å². The van der Waals surface area contributed by atoms with Gasteiger partial charge in [-0.15, -0.1) is 0 Å². The lowest BCUT2D eigenvalue weighted by Gasteiger charge is -2.21. The summed E-state index contributed by atoms with van der Waals surface area (Å²) in [6.07, 6.45) is 0.794. The molecule has 0 saturated carbocycles.